The van der Waals surface area contributed by atoms with Crippen molar-refractivity contribution in [2.24, 2.45) is 0 Å². The Morgan fingerprint density at radius 3 is 1.57 bits per heavy atom. The smallest absolute Gasteiger partial charge is 0.144 e. The molecule has 0 N–H and O–H groups in total. The summed E-state index contributed by atoms with van der Waals surface area (Å²) >= 11 is 0. The van der Waals surface area contributed by atoms with Gasteiger partial charge in [-0.1, -0.05) is 146 Å². The van der Waals surface area contributed by atoms with Gasteiger partial charge in [-0.3, -0.25) is 0 Å². The molecule has 2 heterocycles. The number of rotatable bonds is 4. The Bertz CT molecular complexity index is 3530. The number of hydrogen-bond acceptors (Lipinski definition) is 2. The van der Waals surface area contributed by atoms with E-state index in [9.17, 15) is 0 Å². The number of hydrogen-bond donors (Lipinski definition) is 0. The van der Waals surface area contributed by atoms with E-state index in [1.165, 1.54) is 54.6 Å². The molecule has 0 spiro atoms. The highest BCUT2D eigenvalue weighted by molar-refractivity contribution is 6.25. The summed E-state index contributed by atoms with van der Waals surface area (Å²) in [4.78, 5) is 0. The van der Waals surface area contributed by atoms with Gasteiger partial charge in [-0.15, -0.1) is 0 Å². The first-order valence-corrected chi connectivity index (χ1v) is 19.2. The normalized spacial score (nSPS) is 11.9. The van der Waals surface area contributed by atoms with Crippen molar-refractivity contribution in [3.8, 4) is 44.5 Å². The summed E-state index contributed by atoms with van der Waals surface area (Å²) in [7, 11) is 0. The average molecular weight is 713 g/mol. The van der Waals surface area contributed by atoms with Crippen LogP contribution < -0.4 is 0 Å². The van der Waals surface area contributed by atoms with Crippen LogP contribution in [0.15, 0.2) is 203 Å². The van der Waals surface area contributed by atoms with Gasteiger partial charge in [0.15, 0.2) is 0 Å². The third-order valence-corrected chi connectivity index (χ3v) is 11.6. The molecule has 2 heteroatoms. The van der Waals surface area contributed by atoms with Crippen LogP contribution >= 0.6 is 0 Å². The molecule has 56 heavy (non-hydrogen) atoms. The van der Waals surface area contributed by atoms with Gasteiger partial charge in [0.2, 0.25) is 0 Å². The molecule has 0 aliphatic rings. The lowest BCUT2D eigenvalue weighted by molar-refractivity contribution is 0.665. The molecular formula is C54H32O2. The third kappa shape index (κ3) is 4.69. The average Bonchev–Trinajstić information content (AvgIpc) is 3.86. The van der Waals surface area contributed by atoms with Crippen molar-refractivity contribution in [2.45, 2.75) is 0 Å². The lowest BCUT2D eigenvalue weighted by Crippen LogP contribution is -1.89. The lowest BCUT2D eigenvalue weighted by Gasteiger charge is -2.14. The van der Waals surface area contributed by atoms with Crippen molar-refractivity contribution in [3.63, 3.8) is 0 Å². The number of furan rings is 2. The van der Waals surface area contributed by atoms with Crippen molar-refractivity contribution in [2.75, 3.05) is 0 Å². The van der Waals surface area contributed by atoms with Crippen LogP contribution in [-0.4, -0.2) is 0 Å². The number of fused-ring (bicyclic) bond motifs is 11. The van der Waals surface area contributed by atoms with Gasteiger partial charge in [0.25, 0.3) is 0 Å². The van der Waals surface area contributed by atoms with E-state index < -0.39 is 0 Å². The first kappa shape index (κ1) is 31.0. The molecule has 0 unspecified atom stereocenters. The minimum Gasteiger partial charge on any atom is -0.455 e. The van der Waals surface area contributed by atoms with Crippen molar-refractivity contribution < 1.29 is 8.83 Å². The second kappa shape index (κ2) is 12.0. The van der Waals surface area contributed by atoms with Crippen LogP contribution in [0, 0.1) is 0 Å². The van der Waals surface area contributed by atoms with Crippen molar-refractivity contribution >= 4 is 76.2 Å². The maximum absolute atomic E-state index is 6.91. The van der Waals surface area contributed by atoms with Crippen LogP contribution in [0.5, 0.6) is 0 Å². The lowest BCUT2D eigenvalue weighted by atomic mass is 9.89. The van der Waals surface area contributed by atoms with Crippen molar-refractivity contribution in [1.29, 1.82) is 0 Å². The highest BCUT2D eigenvalue weighted by atomic mass is 16.3. The maximum Gasteiger partial charge on any atom is 0.144 e. The first-order chi connectivity index (χ1) is 27.7. The molecular weight excluding hydrogens is 681 g/mol. The van der Waals surface area contributed by atoms with Crippen molar-refractivity contribution in [1.82, 2.24) is 0 Å². The zero-order chi connectivity index (χ0) is 36.7. The van der Waals surface area contributed by atoms with E-state index in [4.69, 9.17) is 8.83 Å². The Labute approximate surface area is 322 Å². The predicted molar refractivity (Wildman–Crippen MR) is 235 cm³/mol. The fourth-order valence-electron chi connectivity index (χ4n) is 8.99. The van der Waals surface area contributed by atoms with Gasteiger partial charge in [0, 0.05) is 32.7 Å². The molecule has 12 rings (SSSR count). The Hall–Kier alpha value is -7.42. The summed E-state index contributed by atoms with van der Waals surface area (Å²) in [6.45, 7) is 0. The molecule has 0 bridgehead atoms. The monoisotopic (exact) mass is 712 g/mol. The van der Waals surface area contributed by atoms with E-state index in [2.05, 4.69) is 188 Å². The van der Waals surface area contributed by atoms with E-state index in [1.807, 2.05) is 6.07 Å². The summed E-state index contributed by atoms with van der Waals surface area (Å²) in [5, 5.41) is 11.8. The minimum absolute atomic E-state index is 0.852. The highest BCUT2D eigenvalue weighted by Gasteiger charge is 2.22. The van der Waals surface area contributed by atoms with Gasteiger partial charge in [0.1, 0.15) is 22.3 Å². The molecule has 2 aromatic heterocycles. The Kier molecular flexibility index (Phi) is 6.66. The maximum atomic E-state index is 6.91. The van der Waals surface area contributed by atoms with Crippen LogP contribution in [0.3, 0.4) is 0 Å². The van der Waals surface area contributed by atoms with Crippen LogP contribution in [0.1, 0.15) is 0 Å². The molecule has 2 nitrogen and oxygen atoms in total. The number of para-hydroxylation sites is 2. The van der Waals surface area contributed by atoms with Crippen LogP contribution in [-0.2, 0) is 0 Å². The third-order valence-electron chi connectivity index (χ3n) is 11.6. The van der Waals surface area contributed by atoms with E-state index in [1.54, 1.807) is 0 Å². The van der Waals surface area contributed by atoms with Gasteiger partial charge in [-0.25, -0.2) is 0 Å². The molecule has 0 saturated carbocycles. The van der Waals surface area contributed by atoms with E-state index in [0.717, 1.165) is 66.1 Å². The van der Waals surface area contributed by atoms with Crippen molar-refractivity contribution in [3.05, 3.63) is 194 Å². The fourth-order valence-corrected chi connectivity index (χ4v) is 8.99. The molecule has 0 aliphatic carbocycles. The van der Waals surface area contributed by atoms with Crippen LogP contribution in [0.4, 0.5) is 0 Å². The molecule has 10 aromatic carbocycles. The Morgan fingerprint density at radius 1 is 0.250 bits per heavy atom. The summed E-state index contributed by atoms with van der Waals surface area (Å²) in [5.41, 5.74) is 12.4. The molecule has 0 radical (unpaired) electrons. The zero-order valence-corrected chi connectivity index (χ0v) is 30.3. The van der Waals surface area contributed by atoms with Crippen LogP contribution in [0.2, 0.25) is 0 Å². The van der Waals surface area contributed by atoms with Gasteiger partial charge < -0.3 is 8.83 Å². The molecule has 0 aliphatic heterocycles. The van der Waals surface area contributed by atoms with Gasteiger partial charge in [-0.2, -0.15) is 0 Å². The quantitative estimate of drug-likeness (QED) is 0.170. The van der Waals surface area contributed by atoms with E-state index in [0.29, 0.717) is 0 Å². The summed E-state index contributed by atoms with van der Waals surface area (Å²) in [6.07, 6.45) is 0. The van der Waals surface area contributed by atoms with Crippen LogP contribution in [0.25, 0.3) is 121 Å². The molecule has 12 aromatic rings. The SMILES string of the molecule is c1ccc(-c2cc(-c3ccc4c(ccc5ccccc54)c3)cc(-c3ccc(-c4cc5ccccc5c5c4oc4ccccc45)c4oc5ccccc5c34)c2)cc1. The largest absolute Gasteiger partial charge is 0.455 e. The van der Waals surface area contributed by atoms with E-state index >= 15 is 0 Å². The fraction of sp³-hybridized carbons (Fsp3) is 0. The predicted octanol–water partition coefficient (Wildman–Crippen LogP) is 15.6. The Balaban J connectivity index is 1.13. The zero-order valence-electron chi connectivity index (χ0n) is 30.3. The molecule has 0 fully saturated rings. The standard InChI is InChI=1S/C54H32O2/c1-2-12-33(13-3-1)38-29-39(35-24-25-42-37(28-35)23-22-34-14-4-6-16-41(34)42)31-40(30-38)44-26-27-45(53-52(44)47-19-9-10-20-49(47)55-53)48-32-36-15-5-7-17-43(36)51-46-18-8-11-21-50(46)56-54(48)51/h1-32H. The van der Waals surface area contributed by atoms with Gasteiger partial charge >= 0.3 is 0 Å². The summed E-state index contributed by atoms with van der Waals surface area (Å²) in [5.74, 6) is 0. The topological polar surface area (TPSA) is 26.3 Å². The second-order valence-electron chi connectivity index (χ2n) is 14.8. The second-order valence-corrected chi connectivity index (χ2v) is 14.8. The Morgan fingerprint density at radius 2 is 0.786 bits per heavy atom. The minimum atomic E-state index is 0.852. The molecule has 260 valence electrons. The van der Waals surface area contributed by atoms with Gasteiger partial charge in [-0.05, 0) is 114 Å². The summed E-state index contributed by atoms with van der Waals surface area (Å²) < 4.78 is 13.6. The molecule has 0 amide bonds. The number of benzene rings is 10. The highest BCUT2D eigenvalue weighted by Crippen LogP contribution is 2.47. The van der Waals surface area contributed by atoms with E-state index in [-0.39, 0.29) is 0 Å². The summed E-state index contributed by atoms with van der Waals surface area (Å²) in [6, 6.07) is 69.8. The first-order valence-electron chi connectivity index (χ1n) is 19.2. The molecule has 0 atom stereocenters. The van der Waals surface area contributed by atoms with Gasteiger partial charge in [0.05, 0.1) is 0 Å². The molecule has 0 saturated heterocycles.